The average Bonchev–Trinajstić information content (AvgIpc) is 3.32. The Morgan fingerprint density at radius 1 is 0.186 bits per heavy atom. The first-order chi connectivity index (χ1) is 29.2. The summed E-state index contributed by atoms with van der Waals surface area (Å²) in [5.74, 6) is 0. The number of benzene rings is 11. The van der Waals surface area contributed by atoms with Gasteiger partial charge < -0.3 is 4.90 Å². The third-order valence-corrected chi connectivity index (χ3v) is 11.8. The Balaban J connectivity index is 0.941. The lowest BCUT2D eigenvalue weighted by molar-refractivity contribution is 1.28. The minimum absolute atomic E-state index is 1.10. The third-order valence-electron chi connectivity index (χ3n) is 11.8. The topological polar surface area (TPSA) is 3.24 Å². The van der Waals surface area contributed by atoms with Gasteiger partial charge in [-0.25, -0.2) is 0 Å². The van der Waals surface area contributed by atoms with Crippen LogP contribution in [0.3, 0.4) is 0 Å². The Morgan fingerprint density at radius 3 is 0.949 bits per heavy atom. The maximum absolute atomic E-state index is 2.38. The first-order valence-electron chi connectivity index (χ1n) is 20.3. The van der Waals surface area contributed by atoms with Crippen molar-refractivity contribution in [3.8, 4) is 44.5 Å². The van der Waals surface area contributed by atoms with Crippen LogP contribution in [-0.2, 0) is 0 Å². The molecule has 0 radical (unpaired) electrons. The van der Waals surface area contributed by atoms with Gasteiger partial charge in [-0.15, -0.1) is 0 Å². The molecule has 0 spiro atoms. The van der Waals surface area contributed by atoms with Crippen molar-refractivity contribution in [2.24, 2.45) is 0 Å². The third kappa shape index (κ3) is 6.40. The largest absolute Gasteiger partial charge is 0.311 e. The van der Waals surface area contributed by atoms with Gasteiger partial charge >= 0.3 is 0 Å². The molecule has 0 saturated heterocycles. The molecule has 0 saturated carbocycles. The van der Waals surface area contributed by atoms with Gasteiger partial charge in [0.2, 0.25) is 0 Å². The van der Waals surface area contributed by atoms with E-state index in [4.69, 9.17) is 0 Å². The molecule has 0 fully saturated rings. The summed E-state index contributed by atoms with van der Waals surface area (Å²) < 4.78 is 0. The smallest absolute Gasteiger partial charge is 0.0462 e. The molecule has 0 aliphatic heterocycles. The Labute approximate surface area is 344 Å². The van der Waals surface area contributed by atoms with Crippen LogP contribution in [0.4, 0.5) is 17.1 Å². The highest BCUT2D eigenvalue weighted by Gasteiger charge is 2.15. The highest BCUT2D eigenvalue weighted by Crippen LogP contribution is 2.40. The van der Waals surface area contributed by atoms with E-state index in [1.165, 1.54) is 87.6 Å². The van der Waals surface area contributed by atoms with E-state index in [-0.39, 0.29) is 0 Å². The maximum atomic E-state index is 2.38. The molecule has 1 heteroatoms. The SMILES string of the molecule is c1ccc(-c2ccc(N(c3ccc(-c4ccccc4)cc3)c3ccc(-c4ccc5ccc(-c6ccc7c8ccccc8c8ccccc8c7c6)cc5c4)cc3)cc2)cc1. The molecular formula is C58H39N. The summed E-state index contributed by atoms with van der Waals surface area (Å²) in [4.78, 5) is 2.34. The summed E-state index contributed by atoms with van der Waals surface area (Å²) in [5.41, 5.74) is 13.0. The lowest BCUT2D eigenvalue weighted by Gasteiger charge is -2.26. The van der Waals surface area contributed by atoms with Crippen molar-refractivity contribution < 1.29 is 0 Å². The fourth-order valence-electron chi connectivity index (χ4n) is 8.81. The van der Waals surface area contributed by atoms with Gasteiger partial charge in [0.25, 0.3) is 0 Å². The zero-order valence-electron chi connectivity index (χ0n) is 32.5. The molecule has 0 heterocycles. The molecular weight excluding hydrogens is 711 g/mol. The predicted octanol–water partition coefficient (Wildman–Crippen LogP) is 16.4. The van der Waals surface area contributed by atoms with Crippen LogP contribution < -0.4 is 4.90 Å². The van der Waals surface area contributed by atoms with Crippen molar-refractivity contribution in [2.45, 2.75) is 0 Å². The monoisotopic (exact) mass is 749 g/mol. The fraction of sp³-hybridized carbons (Fsp3) is 0. The van der Waals surface area contributed by atoms with Crippen molar-refractivity contribution in [3.63, 3.8) is 0 Å². The van der Waals surface area contributed by atoms with Gasteiger partial charge in [-0.2, -0.15) is 0 Å². The molecule has 276 valence electrons. The molecule has 11 aromatic carbocycles. The molecule has 59 heavy (non-hydrogen) atoms. The summed E-state index contributed by atoms with van der Waals surface area (Å²) in [6.07, 6.45) is 0. The number of rotatable bonds is 7. The summed E-state index contributed by atoms with van der Waals surface area (Å²) in [6.45, 7) is 0. The molecule has 0 amide bonds. The van der Waals surface area contributed by atoms with Crippen molar-refractivity contribution in [1.29, 1.82) is 0 Å². The fourth-order valence-corrected chi connectivity index (χ4v) is 8.81. The average molecular weight is 750 g/mol. The number of fused-ring (bicyclic) bond motifs is 7. The Bertz CT molecular complexity index is 3160. The van der Waals surface area contributed by atoms with Crippen LogP contribution in [0.5, 0.6) is 0 Å². The predicted molar refractivity (Wildman–Crippen MR) is 253 cm³/mol. The lowest BCUT2D eigenvalue weighted by atomic mass is 9.91. The van der Waals surface area contributed by atoms with Gasteiger partial charge in [-0.05, 0) is 142 Å². The van der Waals surface area contributed by atoms with Crippen molar-refractivity contribution in [3.05, 3.63) is 237 Å². The molecule has 0 aliphatic rings. The summed E-state index contributed by atoms with van der Waals surface area (Å²) in [7, 11) is 0. The van der Waals surface area contributed by atoms with Gasteiger partial charge in [0.1, 0.15) is 0 Å². The molecule has 0 unspecified atom stereocenters. The van der Waals surface area contributed by atoms with Crippen LogP contribution >= 0.6 is 0 Å². The van der Waals surface area contributed by atoms with Gasteiger partial charge in [-0.3, -0.25) is 0 Å². The standard InChI is InChI=1S/C58H39N/c1-3-11-40(12-4-1)42-23-30-50(31-24-42)59(51-32-25-43(26-33-51)41-13-5-2-6-14-41)52-34-27-44(28-35-52)46-21-19-45-20-22-47(38-49(45)37-46)48-29-36-57-55-17-8-7-15-53(55)54-16-9-10-18-56(54)58(57)39-48/h1-39H. The van der Waals surface area contributed by atoms with Gasteiger partial charge in [0.05, 0.1) is 0 Å². The van der Waals surface area contributed by atoms with E-state index in [0.29, 0.717) is 0 Å². The van der Waals surface area contributed by atoms with Gasteiger partial charge in [0, 0.05) is 17.1 Å². The molecule has 0 bridgehead atoms. The van der Waals surface area contributed by atoms with E-state index in [1.54, 1.807) is 0 Å². The van der Waals surface area contributed by atoms with Crippen LogP contribution in [0.25, 0.3) is 87.6 Å². The lowest BCUT2D eigenvalue weighted by Crippen LogP contribution is -2.09. The van der Waals surface area contributed by atoms with E-state index < -0.39 is 0 Å². The van der Waals surface area contributed by atoms with E-state index in [2.05, 4.69) is 241 Å². The molecule has 11 rings (SSSR count). The molecule has 0 aromatic heterocycles. The second-order valence-corrected chi connectivity index (χ2v) is 15.3. The van der Waals surface area contributed by atoms with E-state index in [0.717, 1.165) is 17.1 Å². The van der Waals surface area contributed by atoms with Crippen LogP contribution in [0.2, 0.25) is 0 Å². The minimum atomic E-state index is 1.10. The summed E-state index contributed by atoms with van der Waals surface area (Å²) >= 11 is 0. The zero-order valence-corrected chi connectivity index (χ0v) is 32.5. The van der Waals surface area contributed by atoms with Crippen molar-refractivity contribution in [1.82, 2.24) is 0 Å². The van der Waals surface area contributed by atoms with Crippen molar-refractivity contribution >= 4 is 60.2 Å². The number of nitrogens with zero attached hydrogens (tertiary/aromatic N) is 1. The normalized spacial score (nSPS) is 11.4. The second-order valence-electron chi connectivity index (χ2n) is 15.3. The van der Waals surface area contributed by atoms with Crippen LogP contribution in [0.15, 0.2) is 237 Å². The second kappa shape index (κ2) is 14.6. The number of hydrogen-bond acceptors (Lipinski definition) is 1. The zero-order chi connectivity index (χ0) is 39.1. The highest BCUT2D eigenvalue weighted by molar-refractivity contribution is 6.25. The number of anilines is 3. The van der Waals surface area contributed by atoms with Crippen molar-refractivity contribution in [2.75, 3.05) is 4.90 Å². The van der Waals surface area contributed by atoms with Crippen LogP contribution in [-0.4, -0.2) is 0 Å². The van der Waals surface area contributed by atoms with E-state index in [1.807, 2.05) is 0 Å². The van der Waals surface area contributed by atoms with Crippen LogP contribution in [0.1, 0.15) is 0 Å². The Kier molecular flexibility index (Phi) is 8.56. The molecule has 1 nitrogen and oxygen atoms in total. The van der Waals surface area contributed by atoms with Gasteiger partial charge in [0.15, 0.2) is 0 Å². The molecule has 11 aromatic rings. The quantitative estimate of drug-likeness (QED) is 0.147. The Hall–Kier alpha value is -7.74. The van der Waals surface area contributed by atoms with Gasteiger partial charge in [-0.1, -0.05) is 182 Å². The first-order valence-corrected chi connectivity index (χ1v) is 20.3. The summed E-state index contributed by atoms with van der Waals surface area (Å²) in [6, 6.07) is 86.1. The molecule has 0 N–H and O–H groups in total. The summed E-state index contributed by atoms with van der Waals surface area (Å²) in [5, 5.41) is 10.2. The molecule has 0 atom stereocenters. The van der Waals surface area contributed by atoms with E-state index >= 15 is 0 Å². The first kappa shape index (κ1) is 34.5. The maximum Gasteiger partial charge on any atom is 0.0462 e. The molecule has 0 aliphatic carbocycles. The van der Waals surface area contributed by atoms with E-state index in [9.17, 15) is 0 Å². The minimum Gasteiger partial charge on any atom is -0.311 e. The van der Waals surface area contributed by atoms with Crippen LogP contribution in [0, 0.1) is 0 Å². The number of hydrogen-bond donors (Lipinski definition) is 0. The Morgan fingerprint density at radius 2 is 0.492 bits per heavy atom. The highest BCUT2D eigenvalue weighted by atomic mass is 15.1.